The lowest BCUT2D eigenvalue weighted by Gasteiger charge is -2.13. The molecule has 0 aliphatic rings. The molecule has 0 saturated heterocycles. The Morgan fingerprint density at radius 2 is 2.00 bits per heavy atom. The van der Waals surface area contributed by atoms with Crippen LogP contribution in [0.3, 0.4) is 0 Å². The summed E-state index contributed by atoms with van der Waals surface area (Å²) in [6.45, 7) is 0. The molecule has 0 radical (unpaired) electrons. The van der Waals surface area contributed by atoms with E-state index < -0.39 is 28.7 Å². The van der Waals surface area contributed by atoms with Crippen molar-refractivity contribution in [2.45, 2.75) is 6.36 Å². The molecule has 0 atom stereocenters. The zero-order chi connectivity index (χ0) is 12.5. The van der Waals surface area contributed by atoms with Crippen LogP contribution in [0.2, 0.25) is 5.02 Å². The maximum Gasteiger partial charge on any atom is 0.573 e. The van der Waals surface area contributed by atoms with Crippen LogP contribution in [0.15, 0.2) is 12.1 Å². The van der Waals surface area contributed by atoms with E-state index in [4.69, 9.17) is 22.4 Å². The van der Waals surface area contributed by atoms with Gasteiger partial charge in [0, 0.05) is 5.69 Å². The van der Waals surface area contributed by atoms with Gasteiger partial charge in [0.25, 0.3) is 0 Å². The van der Waals surface area contributed by atoms with Crippen molar-refractivity contribution in [1.29, 1.82) is 0 Å². The molecule has 1 aromatic carbocycles. The second-order valence-electron chi connectivity index (χ2n) is 2.73. The molecule has 88 valence electrons. The first-order valence-electron chi connectivity index (χ1n) is 3.79. The van der Waals surface area contributed by atoms with Crippen LogP contribution in [0, 0.1) is 0 Å². The first-order valence-corrected chi connectivity index (χ1v) is 4.16. The molecule has 4 nitrogen and oxygen atoms in total. The maximum atomic E-state index is 12.0. The lowest BCUT2D eigenvalue weighted by atomic mass is 10.2. The number of anilines is 1. The summed E-state index contributed by atoms with van der Waals surface area (Å²) in [5.41, 5.74) is 4.43. The van der Waals surface area contributed by atoms with E-state index >= 15 is 0 Å². The summed E-state index contributed by atoms with van der Waals surface area (Å²) in [6.07, 6.45) is -5.02. The number of hydrogen-bond acceptors (Lipinski definition) is 3. The quantitative estimate of drug-likeness (QED) is 0.797. The van der Waals surface area contributed by atoms with Crippen molar-refractivity contribution < 1.29 is 27.8 Å². The van der Waals surface area contributed by atoms with Crippen molar-refractivity contribution in [3.8, 4) is 5.75 Å². The number of carboxylic acids is 1. The Balaban J connectivity index is 3.30. The Hall–Kier alpha value is -1.63. The molecule has 0 heterocycles. The second-order valence-corrected chi connectivity index (χ2v) is 3.14. The molecule has 0 aromatic heterocycles. The fraction of sp³-hybridized carbons (Fsp3) is 0.125. The summed E-state index contributed by atoms with van der Waals surface area (Å²) >= 11 is 5.42. The topological polar surface area (TPSA) is 72.5 Å². The highest BCUT2D eigenvalue weighted by Gasteiger charge is 2.34. The zero-order valence-corrected chi connectivity index (χ0v) is 8.26. The molecule has 0 fully saturated rings. The highest BCUT2D eigenvalue weighted by molar-refractivity contribution is 6.33. The lowest BCUT2D eigenvalue weighted by Crippen LogP contribution is -2.19. The Bertz CT molecular complexity index is 433. The van der Waals surface area contributed by atoms with Gasteiger partial charge in [0.1, 0.15) is 5.56 Å². The highest BCUT2D eigenvalue weighted by Crippen LogP contribution is 2.35. The molecule has 0 bridgehead atoms. The minimum atomic E-state index is -5.02. The van der Waals surface area contributed by atoms with Crippen LogP contribution < -0.4 is 10.5 Å². The minimum Gasteiger partial charge on any atom is -0.478 e. The Morgan fingerprint density at radius 1 is 1.44 bits per heavy atom. The van der Waals surface area contributed by atoms with Crippen LogP contribution in [0.25, 0.3) is 0 Å². The van der Waals surface area contributed by atoms with Gasteiger partial charge in [0.15, 0.2) is 5.75 Å². The largest absolute Gasteiger partial charge is 0.573 e. The molecule has 0 spiro atoms. The maximum absolute atomic E-state index is 12.0. The number of nitrogens with two attached hydrogens (primary N) is 1. The Kier molecular flexibility index (Phi) is 3.18. The summed E-state index contributed by atoms with van der Waals surface area (Å²) in [7, 11) is 0. The number of rotatable bonds is 2. The van der Waals surface area contributed by atoms with E-state index in [1.165, 1.54) is 0 Å². The molecule has 0 aliphatic heterocycles. The third-order valence-electron chi connectivity index (χ3n) is 1.51. The predicted octanol–water partition coefficient (Wildman–Crippen LogP) is 2.52. The third kappa shape index (κ3) is 2.93. The molecule has 0 amide bonds. The predicted molar refractivity (Wildman–Crippen MR) is 49.5 cm³/mol. The van der Waals surface area contributed by atoms with E-state index in [1.54, 1.807) is 0 Å². The number of hydrogen-bond donors (Lipinski definition) is 2. The van der Waals surface area contributed by atoms with Gasteiger partial charge in [-0.25, -0.2) is 4.79 Å². The summed E-state index contributed by atoms with van der Waals surface area (Å²) in [5, 5.41) is 8.13. The van der Waals surface area contributed by atoms with Crippen LogP contribution >= 0.6 is 11.6 Å². The third-order valence-corrected chi connectivity index (χ3v) is 1.79. The van der Waals surface area contributed by atoms with E-state index in [2.05, 4.69) is 4.74 Å². The molecule has 0 unspecified atom stereocenters. The second kappa shape index (κ2) is 4.09. The summed E-state index contributed by atoms with van der Waals surface area (Å²) in [5.74, 6) is -2.59. The number of alkyl halides is 3. The number of ether oxygens (including phenoxy) is 1. The number of nitrogen functional groups attached to an aromatic ring is 1. The lowest BCUT2D eigenvalue weighted by molar-refractivity contribution is -0.274. The van der Waals surface area contributed by atoms with Crippen molar-refractivity contribution in [3.63, 3.8) is 0 Å². The van der Waals surface area contributed by atoms with Crippen molar-refractivity contribution in [3.05, 3.63) is 22.7 Å². The highest BCUT2D eigenvalue weighted by atomic mass is 35.5. The molecule has 0 aliphatic carbocycles. The molecular formula is C8H5ClF3NO3. The van der Waals surface area contributed by atoms with E-state index in [0.717, 1.165) is 12.1 Å². The molecule has 16 heavy (non-hydrogen) atoms. The van der Waals surface area contributed by atoms with Gasteiger partial charge in [-0.05, 0) is 12.1 Å². The molecule has 0 saturated carbocycles. The molecule has 1 rings (SSSR count). The Morgan fingerprint density at radius 3 is 2.44 bits per heavy atom. The van der Waals surface area contributed by atoms with E-state index in [-0.39, 0.29) is 5.69 Å². The average molecular weight is 256 g/mol. The number of carboxylic acid groups (broad SMARTS) is 1. The zero-order valence-electron chi connectivity index (χ0n) is 7.51. The number of halogens is 4. The number of aromatic carboxylic acids is 1. The van der Waals surface area contributed by atoms with Gasteiger partial charge in [-0.3, -0.25) is 0 Å². The van der Waals surface area contributed by atoms with E-state index in [9.17, 15) is 18.0 Å². The van der Waals surface area contributed by atoms with Crippen molar-refractivity contribution in [1.82, 2.24) is 0 Å². The van der Waals surface area contributed by atoms with Crippen LogP contribution in [0.4, 0.5) is 18.9 Å². The molecular weight excluding hydrogens is 251 g/mol. The summed E-state index contributed by atoms with van der Waals surface area (Å²) < 4.78 is 39.4. The Labute approximate surface area is 92.4 Å². The van der Waals surface area contributed by atoms with Gasteiger partial charge in [-0.1, -0.05) is 11.6 Å². The minimum absolute atomic E-state index is 0.0723. The molecule has 1 aromatic rings. The fourth-order valence-electron chi connectivity index (χ4n) is 0.993. The van der Waals surface area contributed by atoms with Gasteiger partial charge in [-0.2, -0.15) is 0 Å². The standard InChI is InChI=1S/C8H5ClF3NO3/c9-5-2-3(13)1-4(7(14)15)6(5)16-8(10,11)12/h1-2H,13H2,(H,14,15). The smallest absolute Gasteiger partial charge is 0.478 e. The van der Waals surface area contributed by atoms with Gasteiger partial charge in [-0.15, -0.1) is 13.2 Å². The number of carbonyl (C=O) groups is 1. The molecule has 8 heteroatoms. The summed E-state index contributed by atoms with van der Waals surface area (Å²) in [6, 6.07) is 1.80. The van der Waals surface area contributed by atoms with Crippen LogP contribution in [-0.2, 0) is 0 Å². The number of benzene rings is 1. The fourth-order valence-corrected chi connectivity index (χ4v) is 1.26. The normalized spacial score (nSPS) is 11.2. The van der Waals surface area contributed by atoms with Crippen molar-refractivity contribution in [2.75, 3.05) is 5.73 Å². The van der Waals surface area contributed by atoms with Crippen molar-refractivity contribution in [2.24, 2.45) is 0 Å². The van der Waals surface area contributed by atoms with Gasteiger partial charge < -0.3 is 15.6 Å². The average Bonchev–Trinajstić information content (AvgIpc) is 2.07. The monoisotopic (exact) mass is 255 g/mol. The first kappa shape index (κ1) is 12.4. The van der Waals surface area contributed by atoms with Crippen LogP contribution in [-0.4, -0.2) is 17.4 Å². The van der Waals surface area contributed by atoms with E-state index in [0.29, 0.717) is 0 Å². The van der Waals surface area contributed by atoms with Crippen LogP contribution in [0.5, 0.6) is 5.75 Å². The molecule has 3 N–H and O–H groups in total. The first-order chi connectivity index (χ1) is 7.20. The SMILES string of the molecule is Nc1cc(Cl)c(OC(F)(F)F)c(C(=O)O)c1. The van der Waals surface area contributed by atoms with Gasteiger partial charge in [0.05, 0.1) is 5.02 Å². The summed E-state index contributed by atoms with van der Waals surface area (Å²) in [4.78, 5) is 10.7. The van der Waals surface area contributed by atoms with E-state index in [1.807, 2.05) is 0 Å². The van der Waals surface area contributed by atoms with Crippen molar-refractivity contribution >= 4 is 23.3 Å². The van der Waals surface area contributed by atoms with Crippen LogP contribution in [0.1, 0.15) is 10.4 Å². The van der Waals surface area contributed by atoms with Gasteiger partial charge >= 0.3 is 12.3 Å². The van der Waals surface area contributed by atoms with Gasteiger partial charge in [0.2, 0.25) is 0 Å².